The molecule has 0 amide bonds. The molecule has 0 saturated carbocycles. The number of amidine groups is 1. The molecule has 184 valence electrons. The highest BCUT2D eigenvalue weighted by Gasteiger charge is 2.36. The lowest BCUT2D eigenvalue weighted by Gasteiger charge is -2.32. The average molecular weight is 488 g/mol. The zero-order valence-corrected chi connectivity index (χ0v) is 20.5. The van der Waals surface area contributed by atoms with Crippen molar-refractivity contribution in [3.05, 3.63) is 39.6 Å². The third kappa shape index (κ3) is 4.17. The number of benzene rings is 1. The molecule has 0 spiro atoms. The number of aromatic nitrogens is 1. The van der Waals surface area contributed by atoms with Crippen molar-refractivity contribution in [1.29, 1.82) is 0 Å². The number of fused-ring (bicyclic) bond motifs is 2. The summed E-state index contributed by atoms with van der Waals surface area (Å²) in [6, 6.07) is 0.968. The maximum absolute atomic E-state index is 13.5. The summed E-state index contributed by atoms with van der Waals surface area (Å²) in [4.78, 5) is 0. The predicted molar refractivity (Wildman–Crippen MR) is 127 cm³/mol. The van der Waals surface area contributed by atoms with Gasteiger partial charge in [-0.25, -0.2) is 4.31 Å². The van der Waals surface area contributed by atoms with E-state index in [1.165, 1.54) is 11.1 Å². The van der Waals surface area contributed by atoms with Gasteiger partial charge >= 0.3 is 10.2 Å². The number of nitrogens with zero attached hydrogens (tertiary/aromatic N) is 3. The number of hydrogen-bond donors (Lipinski definition) is 1. The summed E-state index contributed by atoms with van der Waals surface area (Å²) in [6.07, 6.45) is 7.41. The molecule has 3 aliphatic rings. The van der Waals surface area contributed by atoms with Gasteiger partial charge in [0.2, 0.25) is 5.88 Å². The lowest BCUT2D eigenvalue weighted by Crippen LogP contribution is -2.44. The van der Waals surface area contributed by atoms with E-state index in [2.05, 4.69) is 20.9 Å². The third-order valence-electron chi connectivity index (χ3n) is 7.21. The van der Waals surface area contributed by atoms with E-state index in [0.29, 0.717) is 43.7 Å². The van der Waals surface area contributed by atoms with Crippen LogP contribution in [0.4, 0.5) is 11.6 Å². The number of anilines is 2. The van der Waals surface area contributed by atoms with E-state index in [1.54, 1.807) is 6.92 Å². The van der Waals surface area contributed by atoms with Crippen molar-refractivity contribution in [3.8, 4) is 0 Å². The molecule has 1 N–H and O–H groups in total. The van der Waals surface area contributed by atoms with Gasteiger partial charge in [-0.15, -0.1) is 4.40 Å². The minimum atomic E-state index is -4.38. The second-order valence-electron chi connectivity index (χ2n) is 9.29. The number of rotatable bonds is 6. The molecule has 2 heterocycles. The van der Waals surface area contributed by atoms with E-state index in [0.717, 1.165) is 59.6 Å². The second-order valence-corrected chi connectivity index (χ2v) is 10.8. The summed E-state index contributed by atoms with van der Waals surface area (Å²) >= 11 is 0. The van der Waals surface area contributed by atoms with Crippen molar-refractivity contribution in [2.24, 2.45) is 4.40 Å². The Labute approximate surface area is 200 Å². The first-order valence-electron chi connectivity index (χ1n) is 12.2. The van der Waals surface area contributed by atoms with Gasteiger partial charge in [-0.1, -0.05) is 18.1 Å². The van der Waals surface area contributed by atoms with Crippen LogP contribution in [0.15, 0.2) is 15.0 Å². The van der Waals surface area contributed by atoms with Crippen LogP contribution in [0.5, 0.6) is 0 Å². The molecule has 2 aromatic rings. The van der Waals surface area contributed by atoms with Crippen molar-refractivity contribution < 1.29 is 22.8 Å². The first-order chi connectivity index (χ1) is 16.4. The summed E-state index contributed by atoms with van der Waals surface area (Å²) in [7, 11) is -4.38. The van der Waals surface area contributed by atoms with Crippen molar-refractivity contribution in [1.82, 2.24) is 5.16 Å². The summed E-state index contributed by atoms with van der Waals surface area (Å²) in [5.74, 6) is 0.127. The molecular formula is C24H31N4O5S-. The average Bonchev–Trinajstić information content (AvgIpc) is 3.54. The number of aryl methyl sites for hydroxylation is 3. The molecule has 10 heteroatoms. The van der Waals surface area contributed by atoms with Crippen LogP contribution >= 0.6 is 0 Å². The first-order valence-corrected chi connectivity index (χ1v) is 13.6. The number of hydrogen-bond acceptors (Lipinski definition) is 6. The molecule has 1 saturated heterocycles. The van der Waals surface area contributed by atoms with Crippen molar-refractivity contribution in [2.75, 3.05) is 22.8 Å². The Morgan fingerprint density at radius 1 is 1.18 bits per heavy atom. The van der Waals surface area contributed by atoms with Gasteiger partial charge in [-0.2, -0.15) is 8.42 Å². The summed E-state index contributed by atoms with van der Waals surface area (Å²) in [5.41, 5.74) is 6.87. The number of ether oxygens (including phenoxy) is 1. The van der Waals surface area contributed by atoms with Crippen LogP contribution < -0.4 is 14.7 Å². The normalized spacial score (nSPS) is 18.7. The van der Waals surface area contributed by atoms with Gasteiger partial charge in [0.1, 0.15) is 0 Å². The van der Waals surface area contributed by atoms with Gasteiger partial charge < -0.3 is 19.7 Å². The van der Waals surface area contributed by atoms with Crippen LogP contribution in [0.1, 0.15) is 66.1 Å². The monoisotopic (exact) mass is 487 g/mol. The molecule has 1 aromatic carbocycles. The minimum absolute atomic E-state index is 0.127. The largest absolute Gasteiger partial charge is 0.845 e. The van der Waals surface area contributed by atoms with E-state index in [9.17, 15) is 13.5 Å². The van der Waals surface area contributed by atoms with Crippen molar-refractivity contribution >= 4 is 27.8 Å². The molecule has 0 unspecified atom stereocenters. The highest BCUT2D eigenvalue weighted by molar-refractivity contribution is 7.91. The van der Waals surface area contributed by atoms with E-state index < -0.39 is 22.3 Å². The Morgan fingerprint density at radius 3 is 2.41 bits per heavy atom. The fourth-order valence-electron chi connectivity index (χ4n) is 5.52. The van der Waals surface area contributed by atoms with Crippen LogP contribution in [0.3, 0.4) is 0 Å². The van der Waals surface area contributed by atoms with Crippen molar-refractivity contribution in [3.63, 3.8) is 0 Å². The van der Waals surface area contributed by atoms with Gasteiger partial charge in [0.15, 0.2) is 0 Å². The molecule has 34 heavy (non-hydrogen) atoms. The zero-order chi connectivity index (χ0) is 23.9. The zero-order valence-electron chi connectivity index (χ0n) is 19.7. The molecule has 5 rings (SSSR count). The second kappa shape index (κ2) is 9.22. The highest BCUT2D eigenvalue weighted by Crippen LogP contribution is 2.38. The Morgan fingerprint density at radius 2 is 1.82 bits per heavy atom. The predicted octanol–water partition coefficient (Wildman–Crippen LogP) is 2.58. The standard InChI is InChI=1S/C24H32N4O5S/c1-3-21-15(2)23(33-26-21)28(18-10-12-32-13-11-18)34(30,31)27-24(29)25-22-19-8-4-6-16(19)14-17-7-5-9-20(17)22/h14,18H,3-13H2,1-2H3,(H2,25,27,29)/p-1. The van der Waals surface area contributed by atoms with E-state index >= 15 is 0 Å². The Bertz CT molecular complexity index is 1180. The van der Waals surface area contributed by atoms with Crippen LogP contribution in [0.25, 0.3) is 0 Å². The fourth-order valence-corrected chi connectivity index (χ4v) is 6.83. The lowest BCUT2D eigenvalue weighted by molar-refractivity contribution is -0.213. The van der Waals surface area contributed by atoms with E-state index in [-0.39, 0.29) is 5.88 Å². The highest BCUT2D eigenvalue weighted by atomic mass is 32.2. The molecule has 2 aliphatic carbocycles. The minimum Gasteiger partial charge on any atom is -0.845 e. The Kier molecular flexibility index (Phi) is 6.28. The molecule has 1 aromatic heterocycles. The topological polar surface area (TPSA) is 120 Å². The SMILES string of the molecule is CCc1noc(N(C2CCOCC2)S(=O)(=O)/N=C(\[O-])Nc2c3c(cc4c2CCC4)CCC3)c1C. The Balaban J connectivity index is 1.50. The maximum Gasteiger partial charge on any atom is 0.348 e. The molecule has 0 bridgehead atoms. The van der Waals surface area contributed by atoms with Gasteiger partial charge in [0.05, 0.1) is 17.8 Å². The molecule has 1 aliphatic heterocycles. The van der Waals surface area contributed by atoms with Crippen LogP contribution in [-0.2, 0) is 47.1 Å². The fraction of sp³-hybridized carbons (Fsp3) is 0.583. The Hall–Kier alpha value is -2.59. The van der Waals surface area contributed by atoms with Gasteiger partial charge in [0.25, 0.3) is 0 Å². The van der Waals surface area contributed by atoms with Crippen LogP contribution in [0.2, 0.25) is 0 Å². The van der Waals surface area contributed by atoms with Crippen LogP contribution in [0, 0.1) is 6.92 Å². The third-order valence-corrected chi connectivity index (χ3v) is 8.56. The number of nitrogens with one attached hydrogen (secondary N) is 1. The van der Waals surface area contributed by atoms with Gasteiger partial charge in [-0.05, 0) is 87.0 Å². The smallest absolute Gasteiger partial charge is 0.348 e. The molecule has 1 fully saturated rings. The van der Waals surface area contributed by atoms with E-state index in [4.69, 9.17) is 9.26 Å². The molecule has 0 radical (unpaired) electrons. The maximum atomic E-state index is 13.5. The quantitative estimate of drug-likeness (QED) is 0.491. The van der Waals surface area contributed by atoms with Crippen molar-refractivity contribution in [2.45, 2.75) is 77.7 Å². The molecule has 0 atom stereocenters. The lowest BCUT2D eigenvalue weighted by atomic mass is 9.99. The van der Waals surface area contributed by atoms with Gasteiger partial charge in [0, 0.05) is 24.5 Å². The summed E-state index contributed by atoms with van der Waals surface area (Å²) < 4.78 is 42.8. The summed E-state index contributed by atoms with van der Waals surface area (Å²) in [5, 5.41) is 19.9. The van der Waals surface area contributed by atoms with Crippen LogP contribution in [-0.4, -0.2) is 38.9 Å². The van der Waals surface area contributed by atoms with Gasteiger partial charge in [-0.3, -0.25) is 0 Å². The summed E-state index contributed by atoms with van der Waals surface area (Å²) in [6.45, 7) is 4.57. The van der Waals surface area contributed by atoms with E-state index in [1.807, 2.05) is 6.92 Å². The molecular weight excluding hydrogens is 456 g/mol. The first kappa shape index (κ1) is 23.2. The molecule has 9 nitrogen and oxygen atoms in total.